The van der Waals surface area contributed by atoms with Gasteiger partial charge < -0.3 is 10.0 Å². The fraction of sp³-hybridized carbons (Fsp3) is 0.333. The van der Waals surface area contributed by atoms with Gasteiger partial charge in [-0.05, 0) is 18.2 Å². The summed E-state index contributed by atoms with van der Waals surface area (Å²) in [5, 5.41) is 15.4. The largest absolute Gasteiger partial charge is 0.479 e. The van der Waals surface area contributed by atoms with E-state index in [0.717, 1.165) is 24.3 Å². The number of hydrogen-bond donors (Lipinski definition) is 1. The lowest BCUT2D eigenvalue weighted by atomic mass is 10.1. The summed E-state index contributed by atoms with van der Waals surface area (Å²) in [6, 6.07) is 4.06. The molecule has 1 aromatic carbocycles. The lowest BCUT2D eigenvalue weighted by molar-refractivity contribution is -0.149. The summed E-state index contributed by atoms with van der Waals surface area (Å²) in [6.07, 6.45) is -5.65. The van der Waals surface area contributed by atoms with Crippen molar-refractivity contribution in [3.63, 3.8) is 0 Å². The Morgan fingerprint density at radius 2 is 1.96 bits per heavy atom. The zero-order valence-corrected chi connectivity index (χ0v) is 13.4. The molecule has 1 aliphatic rings. The molecule has 0 saturated carbocycles. The lowest BCUT2D eigenvalue weighted by Gasteiger charge is -2.18. The number of carboxylic acids is 1. The Balaban J connectivity index is 2.02. The van der Waals surface area contributed by atoms with Crippen LogP contribution in [0, 0.1) is 5.82 Å². The standard InChI is InChI=1S/C15H11F5N4O3/c16-8-2-1-3-9(6-8)24-11(15(18,19)20)10(21-22-24)12(25)23-5-4-14(17,7-23)13(26)27/h1-3,6H,4-5,7H2,(H,26,27). The summed E-state index contributed by atoms with van der Waals surface area (Å²) in [4.78, 5) is 24.0. The highest BCUT2D eigenvalue weighted by Gasteiger charge is 2.49. The van der Waals surface area contributed by atoms with Crippen LogP contribution in [-0.4, -0.2) is 55.6 Å². The molecular formula is C15H11F5N4O3. The van der Waals surface area contributed by atoms with Gasteiger partial charge in [0.25, 0.3) is 5.91 Å². The van der Waals surface area contributed by atoms with Gasteiger partial charge >= 0.3 is 12.1 Å². The van der Waals surface area contributed by atoms with Crippen molar-refractivity contribution in [2.75, 3.05) is 13.1 Å². The number of amides is 1. The van der Waals surface area contributed by atoms with Crippen LogP contribution in [0.4, 0.5) is 22.0 Å². The molecule has 0 radical (unpaired) electrons. The Kier molecular flexibility index (Phi) is 4.36. The van der Waals surface area contributed by atoms with Crippen molar-refractivity contribution in [2.24, 2.45) is 0 Å². The molecule has 1 aliphatic heterocycles. The molecule has 0 spiro atoms. The number of aromatic nitrogens is 3. The van der Waals surface area contributed by atoms with Crippen LogP contribution in [0.25, 0.3) is 5.69 Å². The van der Waals surface area contributed by atoms with Crippen LogP contribution < -0.4 is 0 Å². The van der Waals surface area contributed by atoms with E-state index in [1.54, 1.807) is 0 Å². The third-order valence-electron chi connectivity index (χ3n) is 4.08. The van der Waals surface area contributed by atoms with Gasteiger partial charge in [0, 0.05) is 13.0 Å². The number of nitrogens with zero attached hydrogens (tertiary/aromatic N) is 4. The summed E-state index contributed by atoms with van der Waals surface area (Å²) in [7, 11) is 0. The predicted octanol–water partition coefficient (Wildman–Crippen LogP) is 2.06. The van der Waals surface area contributed by atoms with Gasteiger partial charge in [0.1, 0.15) is 5.82 Å². The summed E-state index contributed by atoms with van der Waals surface area (Å²) in [5.74, 6) is -3.95. The Bertz CT molecular complexity index is 913. The van der Waals surface area contributed by atoms with Gasteiger partial charge in [-0.3, -0.25) is 4.79 Å². The summed E-state index contributed by atoms with van der Waals surface area (Å²) >= 11 is 0. The molecule has 2 heterocycles. The zero-order valence-electron chi connectivity index (χ0n) is 13.4. The Hall–Kier alpha value is -3.05. The Labute approximate surface area is 148 Å². The van der Waals surface area contributed by atoms with Crippen molar-refractivity contribution >= 4 is 11.9 Å². The van der Waals surface area contributed by atoms with Crippen molar-refractivity contribution in [1.82, 2.24) is 19.9 Å². The van der Waals surface area contributed by atoms with E-state index in [-0.39, 0.29) is 10.4 Å². The van der Waals surface area contributed by atoms with Crippen LogP contribution in [0.1, 0.15) is 22.6 Å². The van der Waals surface area contributed by atoms with Gasteiger partial charge in [-0.2, -0.15) is 13.2 Å². The van der Waals surface area contributed by atoms with Crippen LogP contribution in [0.2, 0.25) is 0 Å². The maximum Gasteiger partial charge on any atom is 0.435 e. The Morgan fingerprint density at radius 1 is 1.26 bits per heavy atom. The molecule has 1 unspecified atom stereocenters. The summed E-state index contributed by atoms with van der Waals surface area (Å²) in [6.45, 7) is -1.31. The second-order valence-corrected chi connectivity index (χ2v) is 5.92. The number of carboxylic acid groups (broad SMARTS) is 1. The molecular weight excluding hydrogens is 379 g/mol. The van der Waals surface area contributed by atoms with E-state index < -0.39 is 60.4 Å². The first-order valence-electron chi connectivity index (χ1n) is 7.53. The Morgan fingerprint density at radius 3 is 2.52 bits per heavy atom. The number of aliphatic carboxylic acids is 1. The highest BCUT2D eigenvalue weighted by atomic mass is 19.4. The molecule has 1 saturated heterocycles. The van der Waals surface area contributed by atoms with Crippen molar-refractivity contribution in [2.45, 2.75) is 18.3 Å². The SMILES string of the molecule is O=C(c1nnn(-c2cccc(F)c2)c1C(F)(F)F)N1CCC(F)(C(=O)O)C1. The lowest BCUT2D eigenvalue weighted by Crippen LogP contribution is -2.39. The molecule has 7 nitrogen and oxygen atoms in total. The highest BCUT2D eigenvalue weighted by molar-refractivity contribution is 5.94. The van der Waals surface area contributed by atoms with Crippen LogP contribution >= 0.6 is 0 Å². The normalized spacial score (nSPS) is 20.1. The van der Waals surface area contributed by atoms with Crippen molar-refractivity contribution in [3.8, 4) is 5.69 Å². The molecule has 27 heavy (non-hydrogen) atoms. The van der Waals surface area contributed by atoms with Gasteiger partial charge in [0.05, 0.1) is 12.2 Å². The fourth-order valence-corrected chi connectivity index (χ4v) is 2.74. The minimum absolute atomic E-state index is 0.256. The van der Waals surface area contributed by atoms with E-state index >= 15 is 0 Å². The molecule has 144 valence electrons. The highest BCUT2D eigenvalue weighted by Crippen LogP contribution is 2.34. The number of halogens is 5. The quantitative estimate of drug-likeness (QED) is 0.811. The summed E-state index contributed by atoms with van der Waals surface area (Å²) < 4.78 is 68.3. The minimum atomic E-state index is -5.08. The first-order valence-corrected chi connectivity index (χ1v) is 7.53. The van der Waals surface area contributed by atoms with Crippen molar-refractivity contribution in [1.29, 1.82) is 0 Å². The van der Waals surface area contributed by atoms with Crippen LogP contribution in [0.15, 0.2) is 24.3 Å². The average Bonchev–Trinajstić information content (AvgIpc) is 3.19. The molecule has 2 aromatic rings. The first-order chi connectivity index (χ1) is 12.5. The average molecular weight is 390 g/mol. The fourth-order valence-electron chi connectivity index (χ4n) is 2.74. The molecule has 1 atom stereocenters. The van der Waals surface area contributed by atoms with E-state index in [0.29, 0.717) is 4.90 Å². The van der Waals surface area contributed by atoms with Crippen molar-refractivity contribution < 1.29 is 36.6 Å². The van der Waals surface area contributed by atoms with Crippen molar-refractivity contribution in [3.05, 3.63) is 41.5 Å². The monoisotopic (exact) mass is 390 g/mol. The van der Waals surface area contributed by atoms with Gasteiger partial charge in [-0.1, -0.05) is 11.3 Å². The van der Waals surface area contributed by atoms with Gasteiger partial charge in [0.2, 0.25) is 5.67 Å². The van der Waals surface area contributed by atoms with Crippen LogP contribution in [-0.2, 0) is 11.0 Å². The number of benzene rings is 1. The topological polar surface area (TPSA) is 88.3 Å². The maximum absolute atomic E-state index is 14.1. The second-order valence-electron chi connectivity index (χ2n) is 5.92. The van der Waals surface area contributed by atoms with Crippen LogP contribution in [0.5, 0.6) is 0 Å². The third-order valence-corrected chi connectivity index (χ3v) is 4.08. The number of hydrogen-bond acceptors (Lipinski definition) is 4. The molecule has 0 aliphatic carbocycles. The molecule has 1 aromatic heterocycles. The maximum atomic E-state index is 14.1. The minimum Gasteiger partial charge on any atom is -0.479 e. The zero-order chi connectivity index (χ0) is 20.0. The number of carbonyl (C=O) groups is 2. The first kappa shape index (κ1) is 18.7. The molecule has 1 amide bonds. The number of carbonyl (C=O) groups excluding carboxylic acids is 1. The van der Waals surface area contributed by atoms with E-state index in [9.17, 15) is 31.5 Å². The van der Waals surface area contributed by atoms with E-state index in [4.69, 9.17) is 5.11 Å². The van der Waals surface area contributed by atoms with Gasteiger partial charge in [-0.15, -0.1) is 5.10 Å². The van der Waals surface area contributed by atoms with E-state index in [1.807, 2.05) is 0 Å². The predicted molar refractivity (Wildman–Crippen MR) is 78.3 cm³/mol. The number of rotatable bonds is 3. The third kappa shape index (κ3) is 3.34. The smallest absolute Gasteiger partial charge is 0.435 e. The summed E-state index contributed by atoms with van der Waals surface area (Å²) in [5.41, 5.74) is -5.75. The second kappa shape index (κ2) is 6.28. The molecule has 0 bridgehead atoms. The van der Waals surface area contributed by atoms with Crippen LogP contribution in [0.3, 0.4) is 0 Å². The molecule has 1 N–H and O–H groups in total. The van der Waals surface area contributed by atoms with E-state index in [2.05, 4.69) is 10.3 Å². The van der Waals surface area contributed by atoms with Gasteiger partial charge in [-0.25, -0.2) is 18.3 Å². The molecule has 12 heteroatoms. The molecule has 3 rings (SSSR count). The number of likely N-dealkylation sites (tertiary alicyclic amines) is 1. The van der Waals surface area contributed by atoms with E-state index in [1.165, 1.54) is 0 Å². The molecule has 1 fully saturated rings. The number of alkyl halides is 4. The van der Waals surface area contributed by atoms with Gasteiger partial charge in [0.15, 0.2) is 11.4 Å².